The Morgan fingerprint density at radius 2 is 1.92 bits per heavy atom. The molecule has 0 saturated carbocycles. The summed E-state index contributed by atoms with van der Waals surface area (Å²) in [6.45, 7) is 1.20. The third-order valence-electron chi connectivity index (χ3n) is 3.47. The van der Waals surface area contributed by atoms with E-state index in [0.717, 1.165) is 11.1 Å². The molecule has 2 N–H and O–H groups in total. The van der Waals surface area contributed by atoms with Crippen LogP contribution in [0.15, 0.2) is 53.8 Å². The lowest BCUT2D eigenvalue weighted by atomic mass is 10.2. The van der Waals surface area contributed by atoms with E-state index in [1.54, 1.807) is 35.3 Å². The summed E-state index contributed by atoms with van der Waals surface area (Å²) in [5, 5.41) is 5.10. The Labute approximate surface area is 138 Å². The lowest BCUT2D eigenvalue weighted by Crippen LogP contribution is -2.12. The number of sulfonamides is 1. The van der Waals surface area contributed by atoms with Crippen LogP contribution in [-0.2, 0) is 16.7 Å². The zero-order chi connectivity index (χ0) is 17.3. The van der Waals surface area contributed by atoms with E-state index >= 15 is 0 Å². The molecule has 0 atom stereocenters. The van der Waals surface area contributed by atoms with E-state index in [9.17, 15) is 12.8 Å². The molecule has 0 radical (unpaired) electrons. The first kappa shape index (κ1) is 16.3. The van der Waals surface area contributed by atoms with Gasteiger partial charge in [-0.05, 0) is 42.8 Å². The monoisotopic (exact) mass is 346 g/mol. The Kier molecular flexibility index (Phi) is 4.16. The van der Waals surface area contributed by atoms with Gasteiger partial charge in [0.05, 0.1) is 10.6 Å². The van der Waals surface area contributed by atoms with Gasteiger partial charge in [-0.1, -0.05) is 0 Å². The van der Waals surface area contributed by atoms with Crippen molar-refractivity contribution < 1.29 is 12.8 Å². The van der Waals surface area contributed by atoms with Crippen LogP contribution in [0.5, 0.6) is 0 Å². The lowest BCUT2D eigenvalue weighted by Gasteiger charge is -2.09. The standard InChI is InChI=1S/C16H15FN4O2S/c1-11-6-12(9-19-8-11)16-20-13(7-17)10-21(16)14-2-4-15(5-3-14)24(18,22)23/h2-6,8-10H,7H2,1H3,(H2,18,22,23). The smallest absolute Gasteiger partial charge is 0.238 e. The van der Waals surface area contributed by atoms with E-state index in [4.69, 9.17) is 5.14 Å². The van der Waals surface area contributed by atoms with E-state index in [1.165, 1.54) is 12.1 Å². The summed E-state index contributed by atoms with van der Waals surface area (Å²) in [4.78, 5) is 8.44. The molecule has 3 aromatic rings. The Morgan fingerprint density at radius 1 is 1.21 bits per heavy atom. The summed E-state index contributed by atoms with van der Waals surface area (Å²) >= 11 is 0. The normalized spacial score (nSPS) is 11.6. The molecular weight excluding hydrogens is 331 g/mol. The molecule has 0 fully saturated rings. The molecular formula is C16H15FN4O2S. The van der Waals surface area contributed by atoms with Crippen LogP contribution < -0.4 is 5.14 Å². The molecule has 124 valence electrons. The first-order valence-electron chi connectivity index (χ1n) is 7.08. The molecule has 0 bridgehead atoms. The van der Waals surface area contributed by atoms with Gasteiger partial charge < -0.3 is 0 Å². The van der Waals surface area contributed by atoms with Gasteiger partial charge in [-0.15, -0.1) is 0 Å². The van der Waals surface area contributed by atoms with Crippen LogP contribution in [0.1, 0.15) is 11.3 Å². The average Bonchev–Trinajstić information content (AvgIpc) is 2.98. The fourth-order valence-electron chi connectivity index (χ4n) is 2.37. The Balaban J connectivity index is 2.12. The van der Waals surface area contributed by atoms with Crippen molar-refractivity contribution in [3.8, 4) is 17.1 Å². The number of hydrogen-bond donors (Lipinski definition) is 1. The third kappa shape index (κ3) is 3.19. The second-order valence-corrected chi connectivity index (χ2v) is 6.91. The van der Waals surface area contributed by atoms with Crippen LogP contribution in [0.2, 0.25) is 0 Å². The predicted octanol–water partition coefficient (Wildman–Crippen LogP) is 2.36. The summed E-state index contributed by atoms with van der Waals surface area (Å²) in [7, 11) is -3.76. The molecule has 3 rings (SSSR count). The molecule has 24 heavy (non-hydrogen) atoms. The van der Waals surface area contributed by atoms with Crippen molar-refractivity contribution in [3.63, 3.8) is 0 Å². The second-order valence-electron chi connectivity index (χ2n) is 5.35. The molecule has 1 aromatic carbocycles. The predicted molar refractivity (Wildman–Crippen MR) is 87.7 cm³/mol. The maximum Gasteiger partial charge on any atom is 0.238 e. The fourth-order valence-corrected chi connectivity index (χ4v) is 2.88. The van der Waals surface area contributed by atoms with Gasteiger partial charge >= 0.3 is 0 Å². The van der Waals surface area contributed by atoms with E-state index in [-0.39, 0.29) is 10.6 Å². The highest BCUT2D eigenvalue weighted by molar-refractivity contribution is 7.89. The summed E-state index contributed by atoms with van der Waals surface area (Å²) in [6, 6.07) is 7.88. The van der Waals surface area contributed by atoms with Crippen molar-refractivity contribution in [1.29, 1.82) is 0 Å². The zero-order valence-electron chi connectivity index (χ0n) is 12.8. The van der Waals surface area contributed by atoms with Gasteiger partial charge in [0.25, 0.3) is 0 Å². The third-order valence-corrected chi connectivity index (χ3v) is 4.40. The Morgan fingerprint density at radius 3 is 2.50 bits per heavy atom. The maximum absolute atomic E-state index is 13.1. The Bertz CT molecular complexity index is 982. The van der Waals surface area contributed by atoms with Crippen LogP contribution in [-0.4, -0.2) is 23.0 Å². The van der Waals surface area contributed by atoms with Crippen molar-refractivity contribution in [3.05, 3.63) is 60.2 Å². The maximum atomic E-state index is 13.1. The second kappa shape index (κ2) is 6.14. The molecule has 8 heteroatoms. The van der Waals surface area contributed by atoms with Gasteiger partial charge in [-0.3, -0.25) is 9.55 Å². The molecule has 2 aromatic heterocycles. The van der Waals surface area contributed by atoms with Gasteiger partial charge in [0.2, 0.25) is 10.0 Å². The molecule has 0 aliphatic heterocycles. The number of hydrogen-bond acceptors (Lipinski definition) is 4. The van der Waals surface area contributed by atoms with Gasteiger partial charge in [-0.2, -0.15) is 0 Å². The zero-order valence-corrected chi connectivity index (χ0v) is 13.7. The summed E-state index contributed by atoms with van der Waals surface area (Å²) in [5.74, 6) is 0.530. The summed E-state index contributed by atoms with van der Waals surface area (Å²) in [5.41, 5.74) is 2.62. The van der Waals surface area contributed by atoms with E-state index in [2.05, 4.69) is 9.97 Å². The van der Waals surface area contributed by atoms with E-state index < -0.39 is 16.7 Å². The quantitative estimate of drug-likeness (QED) is 0.785. The highest BCUT2D eigenvalue weighted by Gasteiger charge is 2.14. The van der Waals surface area contributed by atoms with E-state index in [1.807, 2.05) is 13.0 Å². The number of nitrogens with two attached hydrogens (primary N) is 1. The first-order valence-corrected chi connectivity index (χ1v) is 8.62. The number of pyridine rings is 1. The summed E-state index contributed by atoms with van der Waals surface area (Å²) < 4.78 is 37.5. The van der Waals surface area contributed by atoms with Crippen LogP contribution in [0.4, 0.5) is 4.39 Å². The minimum Gasteiger partial charge on any atom is -0.299 e. The minimum absolute atomic E-state index is 0.0100. The molecule has 0 spiro atoms. The van der Waals surface area contributed by atoms with Crippen molar-refractivity contribution >= 4 is 10.0 Å². The number of benzene rings is 1. The number of halogens is 1. The number of imidazole rings is 1. The molecule has 0 unspecified atom stereocenters. The molecule has 0 aliphatic carbocycles. The number of rotatable bonds is 4. The van der Waals surface area contributed by atoms with Gasteiger partial charge in [0.15, 0.2) is 0 Å². The SMILES string of the molecule is Cc1cncc(-c2nc(CF)cn2-c2ccc(S(N)(=O)=O)cc2)c1. The number of aromatic nitrogens is 3. The van der Waals surface area contributed by atoms with Crippen LogP contribution in [0.3, 0.4) is 0 Å². The van der Waals surface area contributed by atoms with Crippen molar-refractivity contribution in [2.45, 2.75) is 18.5 Å². The van der Waals surface area contributed by atoms with E-state index in [0.29, 0.717) is 11.5 Å². The fraction of sp³-hybridized carbons (Fsp3) is 0.125. The molecule has 0 amide bonds. The van der Waals surface area contributed by atoms with Gasteiger partial charge in [-0.25, -0.2) is 22.9 Å². The number of aryl methyl sites for hydroxylation is 1. The van der Waals surface area contributed by atoms with Crippen LogP contribution >= 0.6 is 0 Å². The topological polar surface area (TPSA) is 90.9 Å². The lowest BCUT2D eigenvalue weighted by molar-refractivity contribution is 0.477. The van der Waals surface area contributed by atoms with Crippen LogP contribution in [0, 0.1) is 6.92 Å². The van der Waals surface area contributed by atoms with Crippen molar-refractivity contribution in [2.75, 3.05) is 0 Å². The molecule has 0 saturated heterocycles. The summed E-state index contributed by atoms with van der Waals surface area (Å²) in [6.07, 6.45) is 4.93. The highest BCUT2D eigenvalue weighted by atomic mass is 32.2. The number of nitrogens with zero attached hydrogens (tertiary/aromatic N) is 3. The minimum atomic E-state index is -3.76. The molecule has 6 nitrogen and oxygen atoms in total. The first-order chi connectivity index (χ1) is 11.4. The van der Waals surface area contributed by atoms with Crippen molar-refractivity contribution in [1.82, 2.24) is 14.5 Å². The van der Waals surface area contributed by atoms with Crippen molar-refractivity contribution in [2.24, 2.45) is 5.14 Å². The Hall–Kier alpha value is -2.58. The molecule has 0 aliphatic rings. The van der Waals surface area contributed by atoms with Gasteiger partial charge in [0, 0.05) is 29.8 Å². The largest absolute Gasteiger partial charge is 0.299 e. The average molecular weight is 346 g/mol. The van der Waals surface area contributed by atoms with Crippen LogP contribution in [0.25, 0.3) is 17.1 Å². The number of alkyl halides is 1. The highest BCUT2D eigenvalue weighted by Crippen LogP contribution is 2.24. The number of primary sulfonamides is 1. The molecule has 2 heterocycles. The van der Waals surface area contributed by atoms with Gasteiger partial charge in [0.1, 0.15) is 12.5 Å².